The SMILES string of the molecule is CCc1c(CNC2CC2)oc2c(C(C)C)cccc12. The van der Waals surface area contributed by atoms with Gasteiger partial charge in [-0.25, -0.2) is 0 Å². The van der Waals surface area contributed by atoms with Crippen molar-refractivity contribution < 1.29 is 4.42 Å². The summed E-state index contributed by atoms with van der Waals surface area (Å²) in [6.07, 6.45) is 3.67. The molecule has 3 rings (SSSR count). The summed E-state index contributed by atoms with van der Waals surface area (Å²) in [4.78, 5) is 0. The molecule has 0 unspecified atom stereocenters. The molecule has 0 aliphatic heterocycles. The van der Waals surface area contributed by atoms with E-state index >= 15 is 0 Å². The van der Waals surface area contributed by atoms with Crippen LogP contribution in [0.15, 0.2) is 22.6 Å². The van der Waals surface area contributed by atoms with Crippen molar-refractivity contribution in [2.24, 2.45) is 0 Å². The van der Waals surface area contributed by atoms with E-state index in [0.29, 0.717) is 5.92 Å². The molecule has 19 heavy (non-hydrogen) atoms. The number of para-hydroxylation sites is 1. The lowest BCUT2D eigenvalue weighted by Gasteiger charge is -2.05. The highest BCUT2D eigenvalue weighted by Gasteiger charge is 2.22. The molecule has 1 aromatic heterocycles. The lowest BCUT2D eigenvalue weighted by atomic mass is 9.99. The van der Waals surface area contributed by atoms with Crippen LogP contribution in [-0.4, -0.2) is 6.04 Å². The van der Waals surface area contributed by atoms with Gasteiger partial charge in [-0.1, -0.05) is 39.0 Å². The minimum atomic E-state index is 0.504. The highest BCUT2D eigenvalue weighted by Crippen LogP contribution is 2.33. The minimum absolute atomic E-state index is 0.504. The van der Waals surface area contributed by atoms with E-state index in [1.807, 2.05) is 0 Å². The molecule has 0 saturated heterocycles. The maximum atomic E-state index is 6.20. The normalized spacial score (nSPS) is 15.6. The van der Waals surface area contributed by atoms with Gasteiger partial charge in [0.05, 0.1) is 6.54 Å². The van der Waals surface area contributed by atoms with Gasteiger partial charge >= 0.3 is 0 Å². The standard InChI is InChI=1S/C17H23NO/c1-4-13-15-7-5-6-14(11(2)3)17(15)19-16(13)10-18-12-8-9-12/h5-7,11-12,18H,4,8-10H2,1-3H3. The van der Waals surface area contributed by atoms with Gasteiger partial charge < -0.3 is 9.73 Å². The van der Waals surface area contributed by atoms with Gasteiger partial charge in [0, 0.05) is 17.0 Å². The second-order valence-electron chi connectivity index (χ2n) is 5.89. The molecule has 0 amide bonds. The first kappa shape index (κ1) is 12.7. The maximum Gasteiger partial charge on any atom is 0.138 e. The number of fused-ring (bicyclic) bond motifs is 1. The number of aryl methyl sites for hydroxylation is 1. The average Bonchev–Trinajstić information content (AvgIpc) is 3.15. The van der Waals surface area contributed by atoms with Crippen LogP contribution in [0.25, 0.3) is 11.0 Å². The fraction of sp³-hybridized carbons (Fsp3) is 0.529. The summed E-state index contributed by atoms with van der Waals surface area (Å²) in [7, 11) is 0. The van der Waals surface area contributed by atoms with Gasteiger partial charge in [-0.15, -0.1) is 0 Å². The Kier molecular flexibility index (Phi) is 3.36. The van der Waals surface area contributed by atoms with Crippen LogP contribution in [0.1, 0.15) is 56.4 Å². The number of furan rings is 1. The van der Waals surface area contributed by atoms with E-state index in [0.717, 1.165) is 30.4 Å². The molecular formula is C17H23NO. The zero-order chi connectivity index (χ0) is 13.4. The third kappa shape index (κ3) is 2.42. The second-order valence-corrected chi connectivity index (χ2v) is 5.89. The van der Waals surface area contributed by atoms with Gasteiger partial charge in [-0.05, 0) is 30.7 Å². The van der Waals surface area contributed by atoms with Crippen molar-refractivity contribution in [3.05, 3.63) is 35.1 Å². The van der Waals surface area contributed by atoms with Crippen LogP contribution >= 0.6 is 0 Å². The Morgan fingerprint density at radius 1 is 1.32 bits per heavy atom. The third-order valence-corrected chi connectivity index (χ3v) is 4.04. The first-order valence-electron chi connectivity index (χ1n) is 7.47. The summed E-state index contributed by atoms with van der Waals surface area (Å²) in [5.74, 6) is 1.64. The molecule has 1 aliphatic rings. The van der Waals surface area contributed by atoms with Crippen LogP contribution in [0.2, 0.25) is 0 Å². The Hall–Kier alpha value is -1.28. The largest absolute Gasteiger partial charge is 0.459 e. The maximum absolute atomic E-state index is 6.20. The molecule has 1 N–H and O–H groups in total. The van der Waals surface area contributed by atoms with Gasteiger partial charge in [0.1, 0.15) is 11.3 Å². The molecule has 1 saturated carbocycles. The molecule has 0 bridgehead atoms. The van der Waals surface area contributed by atoms with Crippen molar-refractivity contribution in [1.29, 1.82) is 0 Å². The molecule has 0 atom stereocenters. The molecule has 2 aromatic rings. The molecule has 1 aromatic carbocycles. The summed E-state index contributed by atoms with van der Waals surface area (Å²) >= 11 is 0. The van der Waals surface area contributed by atoms with Crippen molar-refractivity contribution in [2.75, 3.05) is 0 Å². The number of rotatable bonds is 5. The average molecular weight is 257 g/mol. The summed E-state index contributed by atoms with van der Waals surface area (Å²) < 4.78 is 6.20. The Labute approximate surface area is 115 Å². The number of benzene rings is 1. The van der Waals surface area contributed by atoms with Gasteiger partial charge in [-0.3, -0.25) is 0 Å². The third-order valence-electron chi connectivity index (χ3n) is 4.04. The highest BCUT2D eigenvalue weighted by atomic mass is 16.3. The van der Waals surface area contributed by atoms with Gasteiger partial charge in [-0.2, -0.15) is 0 Å². The smallest absolute Gasteiger partial charge is 0.138 e. The Balaban J connectivity index is 2.03. The lowest BCUT2D eigenvalue weighted by molar-refractivity contribution is 0.504. The van der Waals surface area contributed by atoms with Crippen molar-refractivity contribution in [3.8, 4) is 0 Å². The Morgan fingerprint density at radius 2 is 2.11 bits per heavy atom. The van der Waals surface area contributed by atoms with E-state index < -0.39 is 0 Å². The topological polar surface area (TPSA) is 25.2 Å². The Morgan fingerprint density at radius 3 is 2.74 bits per heavy atom. The first-order chi connectivity index (χ1) is 9.20. The summed E-state index contributed by atoms with van der Waals surface area (Å²) in [5, 5.41) is 4.87. The zero-order valence-electron chi connectivity index (χ0n) is 12.1. The van der Waals surface area contributed by atoms with E-state index in [9.17, 15) is 0 Å². The van der Waals surface area contributed by atoms with Crippen LogP contribution in [0.3, 0.4) is 0 Å². The van der Waals surface area contributed by atoms with Crippen LogP contribution < -0.4 is 5.32 Å². The zero-order valence-corrected chi connectivity index (χ0v) is 12.1. The summed E-state index contributed by atoms with van der Waals surface area (Å²) in [6, 6.07) is 7.27. The van der Waals surface area contributed by atoms with Crippen LogP contribution in [0.4, 0.5) is 0 Å². The monoisotopic (exact) mass is 257 g/mol. The second kappa shape index (κ2) is 5.01. The highest BCUT2D eigenvalue weighted by molar-refractivity contribution is 5.85. The van der Waals surface area contributed by atoms with E-state index in [1.54, 1.807) is 0 Å². The predicted molar refractivity (Wildman–Crippen MR) is 79.5 cm³/mol. The van der Waals surface area contributed by atoms with Crippen molar-refractivity contribution in [3.63, 3.8) is 0 Å². The number of nitrogens with one attached hydrogen (secondary N) is 1. The molecule has 2 heteroatoms. The van der Waals surface area contributed by atoms with Crippen LogP contribution in [0, 0.1) is 0 Å². The number of hydrogen-bond acceptors (Lipinski definition) is 2. The summed E-state index contributed by atoms with van der Waals surface area (Å²) in [5.41, 5.74) is 3.80. The van der Waals surface area contributed by atoms with E-state index in [1.165, 1.54) is 29.4 Å². The molecule has 1 fully saturated rings. The molecule has 1 aliphatic carbocycles. The Bertz CT molecular complexity index is 578. The van der Waals surface area contributed by atoms with Crippen molar-refractivity contribution in [2.45, 2.75) is 58.5 Å². The molecular weight excluding hydrogens is 234 g/mol. The van der Waals surface area contributed by atoms with Gasteiger partial charge in [0.2, 0.25) is 0 Å². The molecule has 2 nitrogen and oxygen atoms in total. The van der Waals surface area contributed by atoms with Crippen molar-refractivity contribution in [1.82, 2.24) is 5.32 Å². The minimum Gasteiger partial charge on any atom is -0.459 e. The van der Waals surface area contributed by atoms with E-state index in [4.69, 9.17) is 4.42 Å². The fourth-order valence-electron chi connectivity index (χ4n) is 2.75. The molecule has 102 valence electrons. The number of hydrogen-bond donors (Lipinski definition) is 1. The van der Waals surface area contributed by atoms with Crippen molar-refractivity contribution >= 4 is 11.0 Å². The van der Waals surface area contributed by atoms with E-state index in [2.05, 4.69) is 44.3 Å². The van der Waals surface area contributed by atoms with Crippen LogP contribution in [-0.2, 0) is 13.0 Å². The van der Waals surface area contributed by atoms with E-state index in [-0.39, 0.29) is 0 Å². The summed E-state index contributed by atoms with van der Waals surface area (Å²) in [6.45, 7) is 7.54. The van der Waals surface area contributed by atoms with Crippen LogP contribution in [0.5, 0.6) is 0 Å². The molecule has 1 heterocycles. The molecule has 0 radical (unpaired) electrons. The van der Waals surface area contributed by atoms with Gasteiger partial charge in [0.15, 0.2) is 0 Å². The first-order valence-corrected chi connectivity index (χ1v) is 7.47. The lowest BCUT2D eigenvalue weighted by Crippen LogP contribution is -2.15. The quantitative estimate of drug-likeness (QED) is 0.860. The predicted octanol–water partition coefficient (Wildman–Crippen LogP) is 4.37. The van der Waals surface area contributed by atoms with Gasteiger partial charge in [0.25, 0.3) is 0 Å². The molecule has 0 spiro atoms. The fourth-order valence-corrected chi connectivity index (χ4v) is 2.75.